The van der Waals surface area contributed by atoms with Gasteiger partial charge in [-0.2, -0.15) is 0 Å². The van der Waals surface area contributed by atoms with Gasteiger partial charge in [-0.3, -0.25) is 9.59 Å². The molecule has 0 aromatic heterocycles. The number of carbonyl (C=O) groups excluding carboxylic acids is 2. The summed E-state index contributed by atoms with van der Waals surface area (Å²) >= 11 is 0. The summed E-state index contributed by atoms with van der Waals surface area (Å²) in [7, 11) is 0. The van der Waals surface area contributed by atoms with Crippen molar-refractivity contribution in [2.45, 2.75) is 32.9 Å². The monoisotopic (exact) mass is 170 g/mol. The highest BCUT2D eigenvalue weighted by molar-refractivity contribution is 5.96. The van der Waals surface area contributed by atoms with Gasteiger partial charge in [0.2, 0.25) is 11.8 Å². The zero-order valence-electron chi connectivity index (χ0n) is 7.55. The number of rotatable bonds is 1. The van der Waals surface area contributed by atoms with Crippen LogP contribution in [0.5, 0.6) is 0 Å². The van der Waals surface area contributed by atoms with Gasteiger partial charge in [0, 0.05) is 0 Å². The molecule has 0 aliphatic carbocycles. The highest BCUT2D eigenvalue weighted by atomic mass is 16.2. The predicted octanol–water partition coefficient (Wildman–Crippen LogP) is -0.355. The quantitative estimate of drug-likeness (QED) is 0.565. The summed E-state index contributed by atoms with van der Waals surface area (Å²) in [6.45, 7) is 5.48. The van der Waals surface area contributed by atoms with Gasteiger partial charge in [-0.05, 0) is 12.8 Å². The first-order valence-electron chi connectivity index (χ1n) is 4.13. The van der Waals surface area contributed by atoms with Crippen molar-refractivity contribution in [1.29, 1.82) is 0 Å². The van der Waals surface area contributed by atoms with Crippen molar-refractivity contribution in [2.75, 3.05) is 0 Å². The molecular weight excluding hydrogens is 156 g/mol. The van der Waals surface area contributed by atoms with Crippen molar-refractivity contribution >= 4 is 11.8 Å². The summed E-state index contributed by atoms with van der Waals surface area (Å²) in [5.74, 6) is -0.0492. The number of hydrogen-bond donors (Lipinski definition) is 2. The molecule has 1 heterocycles. The molecule has 0 spiro atoms. The van der Waals surface area contributed by atoms with Crippen molar-refractivity contribution < 1.29 is 9.59 Å². The molecule has 4 nitrogen and oxygen atoms in total. The third-order valence-electron chi connectivity index (χ3n) is 2.00. The molecule has 0 bridgehead atoms. The summed E-state index contributed by atoms with van der Waals surface area (Å²) in [6.07, 6.45) is 0. The Balaban J connectivity index is 2.68. The SMILES string of the molecule is CC(C)[C@H]1NC(=O)[C@H](C)NC1=O. The summed E-state index contributed by atoms with van der Waals surface area (Å²) in [4.78, 5) is 22.4. The molecule has 1 fully saturated rings. The van der Waals surface area contributed by atoms with Gasteiger partial charge < -0.3 is 10.6 Å². The van der Waals surface area contributed by atoms with Crippen LogP contribution in [0.1, 0.15) is 20.8 Å². The molecule has 0 saturated carbocycles. The third-order valence-corrected chi connectivity index (χ3v) is 2.00. The second-order valence-corrected chi connectivity index (χ2v) is 3.46. The maximum atomic E-state index is 11.3. The van der Waals surface area contributed by atoms with Gasteiger partial charge in [-0.15, -0.1) is 0 Å². The molecule has 0 aromatic carbocycles. The molecule has 1 aliphatic heterocycles. The fourth-order valence-corrected chi connectivity index (χ4v) is 1.18. The summed E-state index contributed by atoms with van der Waals surface area (Å²) in [5.41, 5.74) is 0. The van der Waals surface area contributed by atoms with E-state index in [0.717, 1.165) is 0 Å². The highest BCUT2D eigenvalue weighted by Gasteiger charge is 2.32. The van der Waals surface area contributed by atoms with E-state index >= 15 is 0 Å². The highest BCUT2D eigenvalue weighted by Crippen LogP contribution is 2.06. The lowest BCUT2D eigenvalue weighted by Crippen LogP contribution is -2.62. The van der Waals surface area contributed by atoms with Crippen molar-refractivity contribution in [1.82, 2.24) is 10.6 Å². The Morgan fingerprint density at radius 3 is 2.25 bits per heavy atom. The first-order chi connectivity index (χ1) is 5.52. The number of nitrogens with one attached hydrogen (secondary N) is 2. The smallest absolute Gasteiger partial charge is 0.243 e. The molecule has 12 heavy (non-hydrogen) atoms. The summed E-state index contributed by atoms with van der Waals surface area (Å²) < 4.78 is 0. The van der Waals surface area contributed by atoms with Crippen LogP contribution in [-0.4, -0.2) is 23.9 Å². The van der Waals surface area contributed by atoms with Crippen LogP contribution in [-0.2, 0) is 9.59 Å². The fraction of sp³-hybridized carbons (Fsp3) is 0.750. The molecule has 0 unspecified atom stereocenters. The Hall–Kier alpha value is -1.06. The van der Waals surface area contributed by atoms with Crippen molar-refractivity contribution in [3.05, 3.63) is 0 Å². The molecule has 2 atom stereocenters. The minimum Gasteiger partial charge on any atom is -0.343 e. The van der Waals surface area contributed by atoms with Crippen LogP contribution in [0.25, 0.3) is 0 Å². The average molecular weight is 170 g/mol. The van der Waals surface area contributed by atoms with E-state index in [2.05, 4.69) is 10.6 Å². The van der Waals surface area contributed by atoms with E-state index in [-0.39, 0.29) is 23.8 Å². The van der Waals surface area contributed by atoms with Gasteiger partial charge in [-0.1, -0.05) is 13.8 Å². The van der Waals surface area contributed by atoms with E-state index < -0.39 is 6.04 Å². The van der Waals surface area contributed by atoms with Gasteiger partial charge in [0.25, 0.3) is 0 Å². The van der Waals surface area contributed by atoms with Crippen LogP contribution in [0.4, 0.5) is 0 Å². The zero-order chi connectivity index (χ0) is 9.30. The largest absolute Gasteiger partial charge is 0.343 e. The molecule has 68 valence electrons. The summed E-state index contributed by atoms with van der Waals surface area (Å²) in [5, 5.41) is 5.27. The second kappa shape index (κ2) is 3.13. The van der Waals surface area contributed by atoms with Crippen LogP contribution >= 0.6 is 0 Å². The van der Waals surface area contributed by atoms with Gasteiger partial charge in [0.1, 0.15) is 12.1 Å². The van der Waals surface area contributed by atoms with E-state index in [0.29, 0.717) is 0 Å². The maximum absolute atomic E-state index is 11.3. The van der Waals surface area contributed by atoms with E-state index in [1.54, 1.807) is 6.92 Å². The first kappa shape index (κ1) is 9.03. The molecule has 0 radical (unpaired) electrons. The Labute approximate surface area is 71.7 Å². The van der Waals surface area contributed by atoms with E-state index in [1.165, 1.54) is 0 Å². The number of amides is 2. The van der Waals surface area contributed by atoms with Gasteiger partial charge in [-0.25, -0.2) is 0 Å². The van der Waals surface area contributed by atoms with Crippen molar-refractivity contribution in [3.63, 3.8) is 0 Å². The molecule has 1 aliphatic rings. The predicted molar refractivity (Wildman–Crippen MR) is 44.4 cm³/mol. The third kappa shape index (κ3) is 1.57. The van der Waals surface area contributed by atoms with E-state index in [1.807, 2.05) is 13.8 Å². The Morgan fingerprint density at radius 2 is 1.75 bits per heavy atom. The molecular formula is C8H14N2O2. The molecule has 1 saturated heterocycles. The number of carbonyl (C=O) groups is 2. The number of piperazine rings is 1. The average Bonchev–Trinajstić information content (AvgIpc) is 1.96. The van der Waals surface area contributed by atoms with Crippen LogP contribution in [0.15, 0.2) is 0 Å². The Bertz CT molecular complexity index is 213. The van der Waals surface area contributed by atoms with Gasteiger partial charge >= 0.3 is 0 Å². The standard InChI is InChI=1S/C8H14N2O2/c1-4(2)6-8(12)9-5(3)7(11)10-6/h4-6H,1-3H3,(H,9,12)(H,10,11)/t5-,6+/m0/s1. The molecule has 1 rings (SSSR count). The Morgan fingerprint density at radius 1 is 1.17 bits per heavy atom. The summed E-state index contributed by atoms with van der Waals surface area (Å²) in [6, 6.07) is -0.763. The van der Waals surface area contributed by atoms with Crippen molar-refractivity contribution in [2.24, 2.45) is 5.92 Å². The molecule has 0 aromatic rings. The second-order valence-electron chi connectivity index (χ2n) is 3.46. The van der Waals surface area contributed by atoms with Crippen LogP contribution in [0.3, 0.4) is 0 Å². The van der Waals surface area contributed by atoms with E-state index in [9.17, 15) is 9.59 Å². The van der Waals surface area contributed by atoms with Crippen LogP contribution in [0, 0.1) is 5.92 Å². The number of hydrogen-bond acceptors (Lipinski definition) is 2. The van der Waals surface area contributed by atoms with E-state index in [4.69, 9.17) is 0 Å². The van der Waals surface area contributed by atoms with Crippen LogP contribution in [0.2, 0.25) is 0 Å². The molecule has 4 heteroatoms. The maximum Gasteiger partial charge on any atom is 0.243 e. The minimum atomic E-state index is -0.396. The first-order valence-corrected chi connectivity index (χ1v) is 4.13. The lowest BCUT2D eigenvalue weighted by Gasteiger charge is -2.29. The topological polar surface area (TPSA) is 58.2 Å². The minimum absolute atomic E-state index is 0.0860. The lowest BCUT2D eigenvalue weighted by molar-refractivity contribution is -0.137. The van der Waals surface area contributed by atoms with Crippen LogP contribution < -0.4 is 10.6 Å². The zero-order valence-corrected chi connectivity index (χ0v) is 7.55. The molecule has 2 N–H and O–H groups in total. The lowest BCUT2D eigenvalue weighted by atomic mass is 10.0. The van der Waals surface area contributed by atoms with Gasteiger partial charge in [0.15, 0.2) is 0 Å². The normalized spacial score (nSPS) is 30.0. The Kier molecular flexibility index (Phi) is 2.35. The van der Waals surface area contributed by atoms with Gasteiger partial charge in [0.05, 0.1) is 0 Å². The van der Waals surface area contributed by atoms with Crippen molar-refractivity contribution in [3.8, 4) is 0 Å². The molecule has 2 amide bonds. The fourth-order valence-electron chi connectivity index (χ4n) is 1.18.